The minimum absolute atomic E-state index is 0.0154. The smallest absolute Gasteiger partial charge is 0.235 e. The number of allylic oxidation sites excluding steroid dienone is 1. The summed E-state index contributed by atoms with van der Waals surface area (Å²) in [6.45, 7) is 0. The van der Waals surface area contributed by atoms with E-state index in [4.69, 9.17) is 4.74 Å². The van der Waals surface area contributed by atoms with Crippen LogP contribution in [-0.4, -0.2) is 25.7 Å². The maximum atomic E-state index is 12.5. The van der Waals surface area contributed by atoms with Crippen molar-refractivity contribution < 1.29 is 24.9 Å². The van der Waals surface area contributed by atoms with Crippen LogP contribution in [0.1, 0.15) is 15.9 Å². The van der Waals surface area contributed by atoms with E-state index < -0.39 is 5.78 Å². The molecule has 6 heteroatoms. The number of ether oxygens (including phenoxy) is 1. The number of hydrogen-bond donors (Lipinski definition) is 3. The molecule has 0 spiro atoms. The van der Waals surface area contributed by atoms with E-state index in [1.807, 2.05) is 17.7 Å². The highest BCUT2D eigenvalue weighted by atomic mass is 16.5. The monoisotopic (exact) mass is 323 g/mol. The summed E-state index contributed by atoms with van der Waals surface area (Å²) in [6, 6.07) is 7.52. The third-order valence-electron chi connectivity index (χ3n) is 4.05. The van der Waals surface area contributed by atoms with Crippen molar-refractivity contribution >= 4 is 22.8 Å². The predicted octanol–water partition coefficient (Wildman–Crippen LogP) is 2.91. The van der Waals surface area contributed by atoms with Crippen LogP contribution in [0.25, 0.3) is 17.0 Å². The van der Waals surface area contributed by atoms with Crippen molar-refractivity contribution in [3.8, 4) is 23.0 Å². The van der Waals surface area contributed by atoms with Crippen LogP contribution in [0.15, 0.2) is 42.3 Å². The van der Waals surface area contributed by atoms with Crippen molar-refractivity contribution in [1.29, 1.82) is 0 Å². The SMILES string of the molecule is Cn1cc(/C=C2/Oc3cc(O)cc(O)c3C2=O)c2c(O)cccc21. The molecular formula is C18H13NO5. The van der Waals surface area contributed by atoms with E-state index in [-0.39, 0.29) is 34.3 Å². The average Bonchev–Trinajstić information content (AvgIpc) is 2.99. The number of aromatic nitrogens is 1. The van der Waals surface area contributed by atoms with Crippen LogP contribution >= 0.6 is 0 Å². The molecule has 2 aromatic carbocycles. The second kappa shape index (κ2) is 4.79. The Morgan fingerprint density at radius 3 is 2.71 bits per heavy atom. The summed E-state index contributed by atoms with van der Waals surface area (Å²) >= 11 is 0. The van der Waals surface area contributed by atoms with Gasteiger partial charge in [-0.1, -0.05) is 6.07 Å². The Morgan fingerprint density at radius 1 is 1.12 bits per heavy atom. The fourth-order valence-corrected chi connectivity index (χ4v) is 2.99. The number of phenolic OH excluding ortho intramolecular Hbond substituents is 3. The van der Waals surface area contributed by atoms with Gasteiger partial charge in [-0.05, 0) is 18.2 Å². The normalized spacial score (nSPS) is 15.0. The molecule has 1 aromatic heterocycles. The van der Waals surface area contributed by atoms with Gasteiger partial charge >= 0.3 is 0 Å². The number of phenols is 3. The van der Waals surface area contributed by atoms with E-state index >= 15 is 0 Å². The van der Waals surface area contributed by atoms with Gasteiger partial charge in [0.25, 0.3) is 0 Å². The first-order valence-corrected chi connectivity index (χ1v) is 7.23. The molecule has 4 rings (SSSR count). The van der Waals surface area contributed by atoms with Crippen LogP contribution < -0.4 is 4.74 Å². The van der Waals surface area contributed by atoms with E-state index in [0.29, 0.717) is 10.9 Å². The zero-order chi connectivity index (χ0) is 17.0. The number of Topliss-reactive ketones (excluding diaryl/α,β-unsaturated/α-hetero) is 1. The Hall–Kier alpha value is -3.41. The number of carbonyl (C=O) groups is 1. The molecule has 0 radical (unpaired) electrons. The molecule has 0 atom stereocenters. The fourth-order valence-electron chi connectivity index (χ4n) is 2.99. The Labute approximate surface area is 136 Å². The van der Waals surface area contributed by atoms with Crippen LogP contribution in [0.2, 0.25) is 0 Å². The van der Waals surface area contributed by atoms with Crippen LogP contribution in [-0.2, 0) is 7.05 Å². The first-order chi connectivity index (χ1) is 11.5. The molecule has 2 heterocycles. The van der Waals surface area contributed by atoms with Crippen LogP contribution in [0.3, 0.4) is 0 Å². The summed E-state index contributed by atoms with van der Waals surface area (Å²) < 4.78 is 7.31. The maximum Gasteiger partial charge on any atom is 0.235 e. The number of benzene rings is 2. The van der Waals surface area contributed by atoms with Crippen molar-refractivity contribution in [2.24, 2.45) is 7.05 Å². The lowest BCUT2D eigenvalue weighted by atomic mass is 10.1. The third-order valence-corrected chi connectivity index (χ3v) is 4.05. The zero-order valence-electron chi connectivity index (χ0n) is 12.6. The second-order valence-electron chi connectivity index (χ2n) is 5.64. The summed E-state index contributed by atoms with van der Waals surface area (Å²) in [5.74, 6) is -0.782. The lowest BCUT2D eigenvalue weighted by Gasteiger charge is -2.00. The Bertz CT molecular complexity index is 1050. The minimum atomic E-state index is -0.477. The minimum Gasteiger partial charge on any atom is -0.508 e. The first kappa shape index (κ1) is 14.2. The molecule has 0 amide bonds. The molecular weight excluding hydrogens is 310 g/mol. The van der Waals surface area contributed by atoms with E-state index in [2.05, 4.69) is 0 Å². The Balaban J connectivity index is 1.87. The summed E-state index contributed by atoms with van der Waals surface area (Å²) in [5, 5.41) is 30.1. The van der Waals surface area contributed by atoms with Gasteiger partial charge in [0.2, 0.25) is 5.78 Å². The topological polar surface area (TPSA) is 91.9 Å². The number of aryl methyl sites for hydroxylation is 1. The summed E-state index contributed by atoms with van der Waals surface area (Å²) in [7, 11) is 1.83. The van der Waals surface area contributed by atoms with E-state index in [1.165, 1.54) is 12.1 Å². The summed E-state index contributed by atoms with van der Waals surface area (Å²) in [5.41, 5.74) is 1.44. The van der Waals surface area contributed by atoms with Gasteiger partial charge in [-0.25, -0.2) is 0 Å². The largest absolute Gasteiger partial charge is 0.508 e. The molecule has 6 nitrogen and oxygen atoms in total. The van der Waals surface area contributed by atoms with Crippen molar-refractivity contribution in [2.45, 2.75) is 0 Å². The molecule has 3 aromatic rings. The molecule has 0 fully saturated rings. The van der Waals surface area contributed by atoms with Crippen LogP contribution in [0, 0.1) is 0 Å². The molecule has 0 saturated heterocycles. The van der Waals surface area contributed by atoms with Crippen molar-refractivity contribution in [3.63, 3.8) is 0 Å². The van der Waals surface area contributed by atoms with Crippen molar-refractivity contribution in [2.75, 3.05) is 0 Å². The van der Waals surface area contributed by atoms with Gasteiger partial charge in [0, 0.05) is 36.3 Å². The number of rotatable bonds is 1. The van der Waals surface area contributed by atoms with Gasteiger partial charge in [-0.2, -0.15) is 0 Å². The number of fused-ring (bicyclic) bond motifs is 2. The third kappa shape index (κ3) is 1.93. The summed E-state index contributed by atoms with van der Waals surface area (Å²) in [6.07, 6.45) is 3.29. The molecule has 1 aliphatic rings. The molecule has 1 aliphatic heterocycles. The molecule has 0 unspecified atom stereocenters. The number of aromatic hydroxyl groups is 3. The molecule has 3 N–H and O–H groups in total. The number of hydrogen-bond acceptors (Lipinski definition) is 5. The fraction of sp³-hybridized carbons (Fsp3) is 0.0556. The highest BCUT2D eigenvalue weighted by molar-refractivity contribution is 6.17. The molecule has 0 aliphatic carbocycles. The lowest BCUT2D eigenvalue weighted by Crippen LogP contribution is -1.98. The van der Waals surface area contributed by atoms with Crippen molar-refractivity contribution in [1.82, 2.24) is 4.57 Å². The molecule has 24 heavy (non-hydrogen) atoms. The van der Waals surface area contributed by atoms with Gasteiger partial charge in [-0.15, -0.1) is 0 Å². The standard InChI is InChI=1S/C18H13NO5/c1-19-8-9(16-11(19)3-2-4-12(16)21)5-15-18(23)17-13(22)6-10(20)7-14(17)24-15/h2-8,20-22H,1H3/b15-5+. The number of ketones is 1. The van der Waals surface area contributed by atoms with Gasteiger partial charge in [0.1, 0.15) is 28.6 Å². The number of carbonyl (C=O) groups excluding carboxylic acids is 1. The Morgan fingerprint density at radius 2 is 1.92 bits per heavy atom. The van der Waals surface area contributed by atoms with Crippen molar-refractivity contribution in [3.05, 3.63) is 53.4 Å². The average molecular weight is 323 g/mol. The second-order valence-corrected chi connectivity index (χ2v) is 5.64. The van der Waals surface area contributed by atoms with Crippen LogP contribution in [0.5, 0.6) is 23.0 Å². The molecule has 0 saturated carbocycles. The zero-order valence-corrected chi connectivity index (χ0v) is 12.6. The van der Waals surface area contributed by atoms with Crippen LogP contribution in [0.4, 0.5) is 0 Å². The predicted molar refractivity (Wildman–Crippen MR) is 87.3 cm³/mol. The lowest BCUT2D eigenvalue weighted by molar-refractivity contribution is 0.101. The first-order valence-electron chi connectivity index (χ1n) is 7.23. The van der Waals surface area contributed by atoms with Gasteiger partial charge in [0.05, 0.1) is 5.52 Å². The van der Waals surface area contributed by atoms with E-state index in [0.717, 1.165) is 11.6 Å². The summed E-state index contributed by atoms with van der Waals surface area (Å²) in [4.78, 5) is 12.5. The van der Waals surface area contributed by atoms with Gasteiger partial charge < -0.3 is 24.6 Å². The quantitative estimate of drug-likeness (QED) is 0.599. The maximum absolute atomic E-state index is 12.5. The van der Waals surface area contributed by atoms with Gasteiger partial charge in [0.15, 0.2) is 5.76 Å². The highest BCUT2D eigenvalue weighted by Gasteiger charge is 2.31. The molecule has 120 valence electrons. The number of nitrogens with zero attached hydrogens (tertiary/aromatic N) is 1. The Kier molecular flexibility index (Phi) is 2.83. The van der Waals surface area contributed by atoms with Gasteiger partial charge in [-0.3, -0.25) is 4.79 Å². The molecule has 0 bridgehead atoms. The van der Waals surface area contributed by atoms with E-state index in [9.17, 15) is 20.1 Å². The highest BCUT2D eigenvalue weighted by Crippen LogP contribution is 2.41. The van der Waals surface area contributed by atoms with E-state index in [1.54, 1.807) is 18.3 Å².